The highest BCUT2D eigenvalue weighted by atomic mass is 15.1. The molecule has 0 spiro atoms. The number of likely N-dealkylation sites (tertiary alicyclic amines) is 1. The fraction of sp³-hybridized carbons (Fsp3) is 0.625. The zero-order chi connectivity index (χ0) is 13.0. The van der Waals surface area contributed by atoms with Crippen LogP contribution in [0.25, 0.3) is 0 Å². The minimum Gasteiger partial charge on any atom is -0.330 e. The van der Waals surface area contributed by atoms with E-state index >= 15 is 0 Å². The third-order valence-electron chi connectivity index (χ3n) is 3.98. The van der Waals surface area contributed by atoms with Gasteiger partial charge in [-0.25, -0.2) is 0 Å². The molecule has 1 fully saturated rings. The fourth-order valence-electron chi connectivity index (χ4n) is 3.05. The predicted octanol–water partition coefficient (Wildman–Crippen LogP) is 2.83. The minimum absolute atomic E-state index is 0.762. The molecule has 2 heteroatoms. The summed E-state index contributed by atoms with van der Waals surface area (Å²) in [5.74, 6) is 0.762. The van der Waals surface area contributed by atoms with Crippen LogP contribution in [-0.4, -0.2) is 31.1 Å². The third kappa shape index (κ3) is 3.56. The summed E-state index contributed by atoms with van der Waals surface area (Å²) in [5.41, 5.74) is 9.92. The van der Waals surface area contributed by atoms with Gasteiger partial charge >= 0.3 is 0 Å². The van der Waals surface area contributed by atoms with E-state index in [9.17, 15) is 0 Å². The summed E-state index contributed by atoms with van der Waals surface area (Å²) in [4.78, 5) is 2.56. The van der Waals surface area contributed by atoms with Gasteiger partial charge in [0.25, 0.3) is 0 Å². The first-order chi connectivity index (χ1) is 8.69. The molecule has 0 aliphatic carbocycles. The standard InChI is InChI=1S/C16H26N2/c1-13-10-14(2)12-16(11-13)15-4-8-18(9-5-15)7-3-6-17/h10-12,15H,3-9,17H2,1-2H3. The molecule has 1 heterocycles. The first-order valence-electron chi connectivity index (χ1n) is 7.19. The van der Waals surface area contributed by atoms with Crippen LogP contribution in [0.1, 0.15) is 41.9 Å². The van der Waals surface area contributed by atoms with Crippen LogP contribution in [0.5, 0.6) is 0 Å². The van der Waals surface area contributed by atoms with Gasteiger partial charge in [-0.3, -0.25) is 0 Å². The summed E-state index contributed by atoms with van der Waals surface area (Å²) in [5, 5.41) is 0. The van der Waals surface area contributed by atoms with E-state index in [0.717, 1.165) is 18.9 Å². The van der Waals surface area contributed by atoms with Crippen molar-refractivity contribution in [2.75, 3.05) is 26.2 Å². The molecule has 1 aliphatic heterocycles. The summed E-state index contributed by atoms with van der Waals surface area (Å²) in [6.07, 6.45) is 3.73. The number of aryl methyl sites for hydroxylation is 2. The van der Waals surface area contributed by atoms with E-state index in [1.165, 1.54) is 43.6 Å². The number of nitrogens with two attached hydrogens (primary N) is 1. The molecule has 0 atom stereocenters. The van der Waals surface area contributed by atoms with Gasteiger partial charge in [-0.05, 0) is 70.8 Å². The Morgan fingerprint density at radius 1 is 1.11 bits per heavy atom. The Morgan fingerprint density at radius 2 is 1.72 bits per heavy atom. The van der Waals surface area contributed by atoms with E-state index in [0.29, 0.717) is 0 Å². The van der Waals surface area contributed by atoms with Crippen molar-refractivity contribution in [3.8, 4) is 0 Å². The molecule has 18 heavy (non-hydrogen) atoms. The Morgan fingerprint density at radius 3 is 2.28 bits per heavy atom. The van der Waals surface area contributed by atoms with Crippen molar-refractivity contribution in [2.24, 2.45) is 5.73 Å². The average molecular weight is 246 g/mol. The second kappa shape index (κ2) is 6.35. The molecule has 2 nitrogen and oxygen atoms in total. The smallest absolute Gasteiger partial charge is 0.000671 e. The molecule has 2 N–H and O–H groups in total. The molecule has 1 aromatic carbocycles. The first-order valence-corrected chi connectivity index (χ1v) is 7.19. The van der Waals surface area contributed by atoms with Crippen LogP contribution in [-0.2, 0) is 0 Å². The highest BCUT2D eigenvalue weighted by molar-refractivity contribution is 5.31. The molecule has 0 saturated carbocycles. The lowest BCUT2D eigenvalue weighted by atomic mass is 9.88. The molecule has 0 unspecified atom stereocenters. The van der Waals surface area contributed by atoms with E-state index < -0.39 is 0 Å². The topological polar surface area (TPSA) is 29.3 Å². The third-order valence-corrected chi connectivity index (χ3v) is 3.98. The predicted molar refractivity (Wildman–Crippen MR) is 78.0 cm³/mol. The number of nitrogens with zero attached hydrogens (tertiary/aromatic N) is 1. The monoisotopic (exact) mass is 246 g/mol. The van der Waals surface area contributed by atoms with Crippen molar-refractivity contribution < 1.29 is 0 Å². The first kappa shape index (κ1) is 13.6. The van der Waals surface area contributed by atoms with Gasteiger partial charge in [-0.1, -0.05) is 29.3 Å². The second-order valence-corrected chi connectivity index (χ2v) is 5.68. The lowest BCUT2D eigenvalue weighted by molar-refractivity contribution is 0.211. The summed E-state index contributed by atoms with van der Waals surface area (Å²) in [7, 11) is 0. The summed E-state index contributed by atoms with van der Waals surface area (Å²) < 4.78 is 0. The Labute approximate surface area is 111 Å². The van der Waals surface area contributed by atoms with E-state index in [1.807, 2.05) is 0 Å². The Bertz CT molecular complexity index is 358. The Kier molecular flexibility index (Phi) is 4.79. The second-order valence-electron chi connectivity index (χ2n) is 5.68. The number of piperidine rings is 1. The maximum absolute atomic E-state index is 5.57. The molecule has 0 aromatic heterocycles. The van der Waals surface area contributed by atoms with Gasteiger partial charge in [-0.2, -0.15) is 0 Å². The van der Waals surface area contributed by atoms with Crippen LogP contribution in [0.15, 0.2) is 18.2 Å². The van der Waals surface area contributed by atoms with Crippen LogP contribution in [0.4, 0.5) is 0 Å². The van der Waals surface area contributed by atoms with Gasteiger partial charge in [-0.15, -0.1) is 0 Å². The van der Waals surface area contributed by atoms with Crippen molar-refractivity contribution in [3.63, 3.8) is 0 Å². The van der Waals surface area contributed by atoms with Crippen LogP contribution in [0, 0.1) is 13.8 Å². The van der Waals surface area contributed by atoms with E-state index in [1.54, 1.807) is 5.56 Å². The number of rotatable bonds is 4. The highest BCUT2D eigenvalue weighted by Crippen LogP contribution is 2.29. The number of benzene rings is 1. The van der Waals surface area contributed by atoms with Crippen molar-refractivity contribution in [1.82, 2.24) is 4.90 Å². The largest absolute Gasteiger partial charge is 0.330 e. The number of hydrogen-bond donors (Lipinski definition) is 1. The average Bonchev–Trinajstić information content (AvgIpc) is 2.36. The van der Waals surface area contributed by atoms with Crippen molar-refractivity contribution in [1.29, 1.82) is 0 Å². The normalized spacial score (nSPS) is 18.2. The lowest BCUT2D eigenvalue weighted by Gasteiger charge is -2.32. The molecule has 0 bridgehead atoms. The lowest BCUT2D eigenvalue weighted by Crippen LogP contribution is -2.34. The van der Waals surface area contributed by atoms with Gasteiger partial charge in [0.05, 0.1) is 0 Å². The van der Waals surface area contributed by atoms with Crippen molar-refractivity contribution in [3.05, 3.63) is 34.9 Å². The van der Waals surface area contributed by atoms with Crippen LogP contribution < -0.4 is 5.73 Å². The molecular weight excluding hydrogens is 220 g/mol. The van der Waals surface area contributed by atoms with Gasteiger partial charge in [0.15, 0.2) is 0 Å². The van der Waals surface area contributed by atoms with Crippen molar-refractivity contribution >= 4 is 0 Å². The van der Waals surface area contributed by atoms with Crippen LogP contribution >= 0.6 is 0 Å². The molecule has 1 aliphatic rings. The minimum atomic E-state index is 0.762. The fourth-order valence-corrected chi connectivity index (χ4v) is 3.05. The summed E-state index contributed by atoms with van der Waals surface area (Å²) in [6, 6.07) is 7.00. The molecular formula is C16H26N2. The summed E-state index contributed by atoms with van der Waals surface area (Å²) in [6.45, 7) is 8.86. The van der Waals surface area contributed by atoms with E-state index in [4.69, 9.17) is 5.73 Å². The van der Waals surface area contributed by atoms with Gasteiger partial charge in [0.2, 0.25) is 0 Å². The van der Waals surface area contributed by atoms with E-state index in [2.05, 4.69) is 36.9 Å². The van der Waals surface area contributed by atoms with Crippen LogP contribution in [0.3, 0.4) is 0 Å². The summed E-state index contributed by atoms with van der Waals surface area (Å²) >= 11 is 0. The van der Waals surface area contributed by atoms with Gasteiger partial charge in [0.1, 0.15) is 0 Å². The van der Waals surface area contributed by atoms with Crippen molar-refractivity contribution in [2.45, 2.75) is 39.0 Å². The van der Waals surface area contributed by atoms with Crippen LogP contribution in [0.2, 0.25) is 0 Å². The Hall–Kier alpha value is -0.860. The zero-order valence-electron chi connectivity index (χ0n) is 11.8. The SMILES string of the molecule is Cc1cc(C)cc(C2CCN(CCCN)CC2)c1. The maximum Gasteiger partial charge on any atom is -0.000671 e. The molecule has 0 radical (unpaired) electrons. The highest BCUT2D eigenvalue weighted by Gasteiger charge is 2.20. The van der Waals surface area contributed by atoms with E-state index in [-0.39, 0.29) is 0 Å². The quantitative estimate of drug-likeness (QED) is 0.885. The number of hydrogen-bond acceptors (Lipinski definition) is 2. The zero-order valence-corrected chi connectivity index (χ0v) is 11.8. The molecule has 0 amide bonds. The molecule has 1 aromatic rings. The molecule has 2 rings (SSSR count). The molecule has 100 valence electrons. The Balaban J connectivity index is 1.92. The van der Waals surface area contributed by atoms with Gasteiger partial charge in [0, 0.05) is 0 Å². The maximum atomic E-state index is 5.57. The van der Waals surface area contributed by atoms with Gasteiger partial charge < -0.3 is 10.6 Å². The molecule has 1 saturated heterocycles.